The van der Waals surface area contributed by atoms with E-state index in [0.717, 1.165) is 5.75 Å². The van der Waals surface area contributed by atoms with Gasteiger partial charge in [-0.25, -0.2) is 4.79 Å². The second-order valence-corrected chi connectivity index (χ2v) is 6.13. The van der Waals surface area contributed by atoms with Gasteiger partial charge in [0.15, 0.2) is 0 Å². The molecule has 0 bridgehead atoms. The molecule has 0 aliphatic rings. The van der Waals surface area contributed by atoms with Crippen LogP contribution in [0.4, 0.5) is 4.79 Å². The topological polar surface area (TPSA) is 70.7 Å². The molecule has 6 nitrogen and oxygen atoms in total. The van der Waals surface area contributed by atoms with Crippen LogP contribution in [-0.2, 0) is 4.79 Å². The number of likely N-dealkylation sites (N-methyl/N-ethyl adjacent to an activating group) is 1. The van der Waals surface area contributed by atoms with E-state index < -0.39 is 6.03 Å². The number of urea groups is 1. The minimum atomic E-state index is -0.463. The van der Waals surface area contributed by atoms with Crippen molar-refractivity contribution in [3.05, 3.63) is 29.3 Å². The average molecular weight is 342 g/mol. The zero-order valence-electron chi connectivity index (χ0n) is 13.8. The second-order valence-electron chi connectivity index (χ2n) is 5.69. The molecule has 0 aromatic heterocycles. The summed E-state index contributed by atoms with van der Waals surface area (Å²) < 4.78 is 5.55. The Labute approximate surface area is 142 Å². The van der Waals surface area contributed by atoms with Crippen LogP contribution in [-0.4, -0.2) is 50.1 Å². The molecule has 2 N–H and O–H groups in total. The third-order valence-corrected chi connectivity index (χ3v) is 3.14. The Bertz CT molecular complexity index is 506. The zero-order chi connectivity index (χ0) is 17.2. The number of ether oxygens (including phenoxy) is 1. The smallest absolute Gasteiger partial charge is 0.321 e. The Balaban J connectivity index is 2.19. The first-order chi connectivity index (χ1) is 10.9. The summed E-state index contributed by atoms with van der Waals surface area (Å²) in [6, 6.07) is 6.62. The molecule has 0 unspecified atom stereocenters. The van der Waals surface area contributed by atoms with E-state index >= 15 is 0 Å². The molecule has 0 spiro atoms. The zero-order valence-corrected chi connectivity index (χ0v) is 14.5. The molecule has 7 heteroatoms. The number of nitrogens with zero attached hydrogens (tertiary/aromatic N) is 1. The first kappa shape index (κ1) is 19.3. The highest BCUT2D eigenvalue weighted by atomic mass is 35.5. The molecule has 1 aromatic rings. The fourth-order valence-electron chi connectivity index (χ4n) is 1.68. The van der Waals surface area contributed by atoms with E-state index in [2.05, 4.69) is 10.6 Å². The van der Waals surface area contributed by atoms with Crippen LogP contribution in [0, 0.1) is 5.92 Å². The molecule has 0 aliphatic heterocycles. The van der Waals surface area contributed by atoms with Gasteiger partial charge in [-0.15, -0.1) is 0 Å². The number of imide groups is 1. The summed E-state index contributed by atoms with van der Waals surface area (Å²) >= 11 is 5.79. The quantitative estimate of drug-likeness (QED) is 0.760. The maximum Gasteiger partial charge on any atom is 0.321 e. The van der Waals surface area contributed by atoms with Crippen LogP contribution in [0.1, 0.15) is 13.8 Å². The predicted octanol–water partition coefficient (Wildman–Crippen LogP) is 2.13. The van der Waals surface area contributed by atoms with Crippen LogP contribution in [0.3, 0.4) is 0 Å². The molecule has 0 aliphatic carbocycles. The molecule has 23 heavy (non-hydrogen) atoms. The van der Waals surface area contributed by atoms with Crippen LogP contribution < -0.4 is 15.4 Å². The molecule has 3 amide bonds. The van der Waals surface area contributed by atoms with Crippen molar-refractivity contribution in [1.82, 2.24) is 15.5 Å². The van der Waals surface area contributed by atoms with Crippen LogP contribution in [0.5, 0.6) is 5.75 Å². The molecule has 0 fully saturated rings. The van der Waals surface area contributed by atoms with Crippen molar-refractivity contribution in [2.45, 2.75) is 13.8 Å². The fourth-order valence-corrected chi connectivity index (χ4v) is 1.81. The van der Waals surface area contributed by atoms with Crippen molar-refractivity contribution in [3.63, 3.8) is 0 Å². The Morgan fingerprint density at radius 2 is 1.91 bits per heavy atom. The number of benzene rings is 1. The average Bonchev–Trinajstić information content (AvgIpc) is 2.47. The molecule has 0 radical (unpaired) electrons. The van der Waals surface area contributed by atoms with Gasteiger partial charge in [-0.2, -0.15) is 0 Å². The minimum absolute atomic E-state index is 0.124. The third kappa shape index (κ3) is 9.05. The summed E-state index contributed by atoms with van der Waals surface area (Å²) in [5.41, 5.74) is 0. The maximum atomic E-state index is 11.7. The fraction of sp³-hybridized carbons (Fsp3) is 0.500. The van der Waals surface area contributed by atoms with Crippen molar-refractivity contribution in [2.24, 2.45) is 5.92 Å². The molecular weight excluding hydrogens is 318 g/mol. The predicted molar refractivity (Wildman–Crippen MR) is 90.8 cm³/mol. The summed E-state index contributed by atoms with van der Waals surface area (Å²) in [6.45, 7) is 5.62. The molecule has 1 rings (SSSR count). The Morgan fingerprint density at radius 1 is 1.26 bits per heavy atom. The molecule has 1 aromatic carbocycles. The van der Waals surface area contributed by atoms with Crippen molar-refractivity contribution >= 4 is 23.5 Å². The summed E-state index contributed by atoms with van der Waals surface area (Å²) in [6.07, 6.45) is 0. The van der Waals surface area contributed by atoms with E-state index in [1.807, 2.05) is 13.8 Å². The van der Waals surface area contributed by atoms with E-state index in [-0.39, 0.29) is 12.5 Å². The van der Waals surface area contributed by atoms with Crippen molar-refractivity contribution in [1.29, 1.82) is 0 Å². The molecule has 128 valence electrons. The number of hydrogen-bond acceptors (Lipinski definition) is 4. The van der Waals surface area contributed by atoms with Gasteiger partial charge in [-0.3, -0.25) is 15.0 Å². The van der Waals surface area contributed by atoms with Gasteiger partial charge in [-0.1, -0.05) is 25.4 Å². The highest BCUT2D eigenvalue weighted by Gasteiger charge is 2.10. The summed E-state index contributed by atoms with van der Waals surface area (Å²) in [5, 5.41) is 5.58. The summed E-state index contributed by atoms with van der Waals surface area (Å²) in [7, 11) is 1.79. The van der Waals surface area contributed by atoms with Crippen molar-refractivity contribution in [2.75, 3.05) is 33.3 Å². The normalized spacial score (nSPS) is 10.7. The molecule has 0 heterocycles. The van der Waals surface area contributed by atoms with E-state index in [1.54, 1.807) is 36.2 Å². The van der Waals surface area contributed by atoms with Crippen LogP contribution in [0.25, 0.3) is 0 Å². The van der Waals surface area contributed by atoms with Crippen molar-refractivity contribution < 1.29 is 14.3 Å². The first-order valence-corrected chi connectivity index (χ1v) is 7.89. The van der Waals surface area contributed by atoms with E-state index in [9.17, 15) is 9.59 Å². The number of nitrogens with one attached hydrogen (secondary N) is 2. The number of hydrogen-bond donors (Lipinski definition) is 2. The minimum Gasteiger partial charge on any atom is -0.492 e. The maximum absolute atomic E-state index is 11.7. The van der Waals surface area contributed by atoms with Crippen LogP contribution in [0.15, 0.2) is 24.3 Å². The monoisotopic (exact) mass is 341 g/mol. The van der Waals surface area contributed by atoms with E-state index in [4.69, 9.17) is 16.3 Å². The van der Waals surface area contributed by atoms with E-state index in [1.165, 1.54) is 0 Å². The molecule has 0 saturated heterocycles. The Hall–Kier alpha value is -1.79. The van der Waals surface area contributed by atoms with Gasteiger partial charge in [0.2, 0.25) is 5.91 Å². The van der Waals surface area contributed by atoms with Gasteiger partial charge in [-0.05, 0) is 37.2 Å². The summed E-state index contributed by atoms with van der Waals surface area (Å²) in [5.74, 6) is 0.712. The van der Waals surface area contributed by atoms with Gasteiger partial charge in [0.25, 0.3) is 0 Å². The largest absolute Gasteiger partial charge is 0.492 e. The molecular formula is C16H24ClN3O3. The number of halogens is 1. The second kappa shape index (κ2) is 10.1. The van der Waals surface area contributed by atoms with Gasteiger partial charge in [0.1, 0.15) is 12.4 Å². The number of carbonyl (C=O) groups excluding carboxylic acids is 2. The summed E-state index contributed by atoms with van der Waals surface area (Å²) in [4.78, 5) is 25.0. The molecule has 0 saturated carbocycles. The number of amides is 3. The third-order valence-electron chi connectivity index (χ3n) is 2.89. The van der Waals surface area contributed by atoms with Gasteiger partial charge < -0.3 is 10.1 Å². The van der Waals surface area contributed by atoms with Gasteiger partial charge >= 0.3 is 6.03 Å². The lowest BCUT2D eigenvalue weighted by atomic mass is 10.2. The highest BCUT2D eigenvalue weighted by molar-refractivity contribution is 6.30. The van der Waals surface area contributed by atoms with Crippen LogP contribution in [0.2, 0.25) is 5.02 Å². The van der Waals surface area contributed by atoms with Gasteiger partial charge in [0.05, 0.1) is 6.54 Å². The molecule has 0 atom stereocenters. The van der Waals surface area contributed by atoms with Gasteiger partial charge in [0, 0.05) is 18.1 Å². The number of carbonyl (C=O) groups is 2. The van der Waals surface area contributed by atoms with Crippen LogP contribution >= 0.6 is 11.6 Å². The SMILES string of the molecule is CC(C)CNC(=O)NC(=O)CN(C)CCOc1ccc(Cl)cc1. The Kier molecular flexibility index (Phi) is 8.43. The lowest BCUT2D eigenvalue weighted by molar-refractivity contribution is -0.120. The highest BCUT2D eigenvalue weighted by Crippen LogP contribution is 2.15. The Morgan fingerprint density at radius 3 is 2.52 bits per heavy atom. The van der Waals surface area contributed by atoms with E-state index in [0.29, 0.717) is 30.6 Å². The number of rotatable bonds is 8. The lowest BCUT2D eigenvalue weighted by Crippen LogP contribution is -2.45. The first-order valence-electron chi connectivity index (χ1n) is 7.51. The lowest BCUT2D eigenvalue weighted by Gasteiger charge is -2.16. The standard InChI is InChI=1S/C16H24ClN3O3/c1-12(2)10-18-16(22)19-15(21)11-20(3)8-9-23-14-6-4-13(17)5-7-14/h4-7,12H,8-11H2,1-3H3,(H2,18,19,21,22). The van der Waals surface area contributed by atoms with Crippen molar-refractivity contribution in [3.8, 4) is 5.75 Å².